The van der Waals surface area contributed by atoms with Crippen LogP contribution in [0.4, 0.5) is 14.5 Å². The Labute approximate surface area is 101 Å². The summed E-state index contributed by atoms with van der Waals surface area (Å²) in [6.07, 6.45) is 0.921. The van der Waals surface area contributed by atoms with Crippen molar-refractivity contribution in [3.63, 3.8) is 0 Å². The summed E-state index contributed by atoms with van der Waals surface area (Å²) < 4.78 is 48.6. The van der Waals surface area contributed by atoms with E-state index in [1.807, 2.05) is 0 Å². The van der Waals surface area contributed by atoms with Gasteiger partial charge in [0, 0.05) is 12.1 Å². The molecule has 1 aromatic carbocycles. The van der Waals surface area contributed by atoms with Gasteiger partial charge in [-0.1, -0.05) is 12.1 Å². The van der Waals surface area contributed by atoms with Gasteiger partial charge in [0.1, 0.15) is 0 Å². The summed E-state index contributed by atoms with van der Waals surface area (Å²) in [7, 11) is -4.51. The van der Waals surface area contributed by atoms with Crippen molar-refractivity contribution in [1.82, 2.24) is 0 Å². The molecule has 1 rings (SSSR count). The van der Waals surface area contributed by atoms with E-state index in [2.05, 4.69) is 4.18 Å². The summed E-state index contributed by atoms with van der Waals surface area (Å²) in [5.41, 5.74) is -0.0741. The fraction of sp³-hybridized carbons (Fsp3) is 0.111. The van der Waals surface area contributed by atoms with Gasteiger partial charge in [-0.25, -0.2) is 0 Å². The molecule has 0 N–H and O–H groups in total. The molecule has 0 fully saturated rings. The van der Waals surface area contributed by atoms with E-state index in [1.54, 1.807) is 0 Å². The largest absolute Gasteiger partial charge is 0.359 e. The van der Waals surface area contributed by atoms with Gasteiger partial charge in [0.15, 0.2) is 0 Å². The first-order valence-electron chi connectivity index (χ1n) is 4.44. The van der Waals surface area contributed by atoms with Crippen LogP contribution in [0.15, 0.2) is 29.7 Å². The maximum absolute atomic E-state index is 11.7. The Morgan fingerprint density at radius 1 is 1.39 bits per heavy atom. The van der Waals surface area contributed by atoms with Crippen molar-refractivity contribution in [2.75, 3.05) is 0 Å². The van der Waals surface area contributed by atoms with E-state index in [9.17, 15) is 27.3 Å². The number of alkyl halides is 2. The van der Waals surface area contributed by atoms with Crippen molar-refractivity contribution in [3.05, 3.63) is 45.4 Å². The van der Waals surface area contributed by atoms with Gasteiger partial charge in [-0.2, -0.15) is 21.4 Å². The topological polar surface area (TPSA) is 86.5 Å². The van der Waals surface area contributed by atoms with Gasteiger partial charge in [-0.3, -0.25) is 10.1 Å². The van der Waals surface area contributed by atoms with Gasteiger partial charge < -0.3 is 0 Å². The minimum atomic E-state index is -4.51. The maximum atomic E-state index is 11.7. The van der Waals surface area contributed by atoms with E-state index in [0.717, 1.165) is 12.1 Å². The molecule has 0 heterocycles. The Hall–Kier alpha value is -1.87. The lowest BCUT2D eigenvalue weighted by Gasteiger charge is -1.98. The molecule has 0 spiro atoms. The van der Waals surface area contributed by atoms with E-state index >= 15 is 0 Å². The number of hydrogen-bond acceptors (Lipinski definition) is 5. The molecule has 0 aliphatic heterocycles. The Kier molecular flexibility index (Phi) is 4.45. The number of hydrogen-bond donors (Lipinski definition) is 0. The van der Waals surface area contributed by atoms with E-state index in [4.69, 9.17) is 0 Å². The molecular weight excluding hydrogens is 272 g/mol. The molecule has 18 heavy (non-hydrogen) atoms. The SMILES string of the molecule is O=[N+]([O-])c1cccc(C=CS(=O)(=O)OC(F)F)c1. The quantitative estimate of drug-likeness (QED) is 0.468. The van der Waals surface area contributed by atoms with Gasteiger partial charge in [-0.15, -0.1) is 0 Å². The van der Waals surface area contributed by atoms with Crippen molar-refractivity contribution in [3.8, 4) is 0 Å². The molecule has 0 radical (unpaired) electrons. The molecule has 0 saturated carbocycles. The third-order valence-electron chi connectivity index (χ3n) is 1.72. The van der Waals surface area contributed by atoms with Crippen LogP contribution in [0.5, 0.6) is 0 Å². The Bertz CT molecular complexity index is 570. The Morgan fingerprint density at radius 3 is 2.61 bits per heavy atom. The highest BCUT2D eigenvalue weighted by molar-refractivity contribution is 7.89. The summed E-state index contributed by atoms with van der Waals surface area (Å²) in [6.45, 7) is -3.45. The second kappa shape index (κ2) is 5.65. The van der Waals surface area contributed by atoms with E-state index in [0.29, 0.717) is 5.41 Å². The van der Waals surface area contributed by atoms with Crippen LogP contribution < -0.4 is 0 Å². The fourth-order valence-electron chi connectivity index (χ4n) is 1.04. The second-order valence-corrected chi connectivity index (χ2v) is 4.45. The van der Waals surface area contributed by atoms with Gasteiger partial charge >= 0.3 is 6.61 Å². The van der Waals surface area contributed by atoms with Crippen molar-refractivity contribution in [1.29, 1.82) is 0 Å². The average molecular weight is 279 g/mol. The Morgan fingerprint density at radius 2 is 2.06 bits per heavy atom. The lowest BCUT2D eigenvalue weighted by atomic mass is 10.2. The third-order valence-corrected chi connectivity index (χ3v) is 2.60. The van der Waals surface area contributed by atoms with E-state index in [-0.39, 0.29) is 11.3 Å². The molecule has 6 nitrogen and oxygen atoms in total. The molecule has 0 amide bonds. The van der Waals surface area contributed by atoms with Crippen LogP contribution in [0, 0.1) is 10.1 Å². The van der Waals surface area contributed by atoms with Crippen LogP contribution in [0.2, 0.25) is 0 Å². The van der Waals surface area contributed by atoms with Gasteiger partial charge in [0.25, 0.3) is 15.8 Å². The summed E-state index contributed by atoms with van der Waals surface area (Å²) >= 11 is 0. The first-order valence-corrected chi connectivity index (χ1v) is 5.91. The zero-order valence-corrected chi connectivity index (χ0v) is 9.51. The zero-order valence-electron chi connectivity index (χ0n) is 8.69. The molecule has 9 heteroatoms. The number of nitrogens with zero attached hydrogens (tertiary/aromatic N) is 1. The number of benzene rings is 1. The minimum Gasteiger partial charge on any atom is -0.258 e. The van der Waals surface area contributed by atoms with Gasteiger partial charge in [-0.05, 0) is 11.6 Å². The van der Waals surface area contributed by atoms with Crippen LogP contribution in [-0.4, -0.2) is 20.0 Å². The van der Waals surface area contributed by atoms with Crippen LogP contribution in [0.1, 0.15) is 5.56 Å². The maximum Gasteiger partial charge on any atom is 0.359 e. The number of nitro benzene ring substituents is 1. The van der Waals surface area contributed by atoms with Crippen molar-refractivity contribution in [2.24, 2.45) is 0 Å². The molecule has 0 bridgehead atoms. The average Bonchev–Trinajstić information content (AvgIpc) is 2.25. The highest BCUT2D eigenvalue weighted by Gasteiger charge is 2.14. The second-order valence-electron chi connectivity index (χ2n) is 3.00. The van der Waals surface area contributed by atoms with Crippen LogP contribution >= 0.6 is 0 Å². The molecule has 0 atom stereocenters. The fourth-order valence-corrected chi connectivity index (χ4v) is 1.63. The summed E-state index contributed by atoms with van der Waals surface area (Å²) in [6, 6.07) is 5.01. The van der Waals surface area contributed by atoms with Crippen molar-refractivity contribution < 1.29 is 26.3 Å². The lowest BCUT2D eigenvalue weighted by molar-refractivity contribution is -0.384. The number of halogens is 2. The number of rotatable bonds is 5. The molecule has 1 aromatic rings. The number of non-ortho nitro benzene ring substituents is 1. The van der Waals surface area contributed by atoms with Crippen molar-refractivity contribution in [2.45, 2.75) is 6.61 Å². The van der Waals surface area contributed by atoms with Crippen molar-refractivity contribution >= 4 is 21.9 Å². The zero-order chi connectivity index (χ0) is 13.8. The molecule has 0 unspecified atom stereocenters. The first kappa shape index (κ1) is 14.2. The predicted molar refractivity (Wildman–Crippen MR) is 58.1 cm³/mol. The smallest absolute Gasteiger partial charge is 0.258 e. The number of nitro groups is 1. The summed E-state index contributed by atoms with van der Waals surface area (Å²) in [5.74, 6) is 0. The van der Waals surface area contributed by atoms with E-state index in [1.165, 1.54) is 18.2 Å². The molecule has 98 valence electrons. The molecular formula is C9H7F2NO5S. The highest BCUT2D eigenvalue weighted by Crippen LogP contribution is 2.15. The molecule has 0 aromatic heterocycles. The highest BCUT2D eigenvalue weighted by atomic mass is 32.2. The van der Waals surface area contributed by atoms with Crippen LogP contribution in [-0.2, 0) is 14.3 Å². The Balaban J connectivity index is 2.91. The molecule has 0 aliphatic rings. The van der Waals surface area contributed by atoms with Gasteiger partial charge in [0.2, 0.25) is 0 Å². The summed E-state index contributed by atoms with van der Waals surface area (Å²) in [4.78, 5) is 9.77. The lowest BCUT2D eigenvalue weighted by Crippen LogP contribution is -2.06. The predicted octanol–water partition coefficient (Wildman–Crippen LogP) is 2.13. The van der Waals surface area contributed by atoms with Crippen LogP contribution in [0.25, 0.3) is 6.08 Å². The summed E-state index contributed by atoms with van der Waals surface area (Å²) in [5, 5.41) is 10.8. The molecule has 0 aliphatic carbocycles. The van der Waals surface area contributed by atoms with Gasteiger partial charge in [0.05, 0.1) is 10.3 Å². The monoisotopic (exact) mass is 279 g/mol. The normalized spacial score (nSPS) is 12.2. The van der Waals surface area contributed by atoms with E-state index < -0.39 is 21.7 Å². The van der Waals surface area contributed by atoms with Crippen LogP contribution in [0.3, 0.4) is 0 Å². The molecule has 0 saturated heterocycles. The standard InChI is InChI=1S/C9H7F2NO5S/c10-9(11)17-18(15,16)5-4-7-2-1-3-8(6-7)12(13)14/h1-6,9H. The minimum absolute atomic E-state index is 0.172. The third kappa shape index (κ3) is 4.55. The first-order chi connectivity index (χ1) is 8.30.